The Hall–Kier alpha value is -6.22. The zero-order valence-corrected chi connectivity index (χ0v) is 61.2. The molecule has 4 aliphatic carbocycles. The molecule has 0 aromatic heterocycles. The fourth-order valence-corrected chi connectivity index (χ4v) is 19.2. The maximum absolute atomic E-state index is 12.7. The summed E-state index contributed by atoms with van der Waals surface area (Å²) in [4.78, 5) is 53.2. The summed E-state index contributed by atoms with van der Waals surface area (Å²) in [6.07, 6.45) is 33.1. The van der Waals surface area contributed by atoms with Crippen molar-refractivity contribution in [1.29, 1.82) is 0 Å². The minimum atomic E-state index is -4.94. The molecule has 98 heavy (non-hydrogen) atoms. The number of benzene rings is 5. The molecule has 0 unspecified atom stereocenters. The number of allylic oxidation sites excluding steroid dienone is 8. The molecule has 518 valence electrons. The minimum Gasteiger partial charge on any atom is -0.339 e. The largest absolute Gasteiger partial charge is 0.339 e. The van der Waals surface area contributed by atoms with E-state index in [-0.39, 0.29) is 53.3 Å². The standard InChI is InChI=1S/C68H68Br4N8O8.2ClHO4/c1-73-53-37-57(77(81)82)49(69)33-45(53)65(25-7-3-8-26-65)61(73)17-15-19-63-67(29-11-5-12-30-67)47-35-51(71)59(79(85)86)39-55(47)75(63)41-43-21-23-44(24-22-43)42-76-56-40-60(80(87)88)52(72)36-48(56)68(31-13-6-14-32-68)64(76)20-16-18-62-66(27-9-4-10-28-66)46-34-50(70)58(78(83)84)38-54(46)74(62)2;2*2-1(3,4)5/h15-24,33-40H,3-14,25-32,41-42H2,1-2H3;2*(H,2,3,4,5)/q+2;;/p-2. The van der Waals surface area contributed by atoms with Gasteiger partial charge in [0.25, 0.3) is 22.7 Å². The first-order valence-corrected chi connectivity index (χ1v) is 37.8. The zero-order valence-electron chi connectivity index (χ0n) is 53.3. The van der Waals surface area contributed by atoms with E-state index in [1.54, 1.807) is 24.3 Å². The van der Waals surface area contributed by atoms with Crippen LogP contribution in [0.1, 0.15) is 162 Å². The number of nitro groups is 4. The molecule has 0 radical (unpaired) electrons. The van der Waals surface area contributed by atoms with Gasteiger partial charge in [-0.3, -0.25) is 40.5 Å². The van der Waals surface area contributed by atoms with Gasteiger partial charge in [0.05, 0.1) is 71.9 Å². The van der Waals surface area contributed by atoms with E-state index in [2.05, 4.69) is 143 Å². The summed E-state index contributed by atoms with van der Waals surface area (Å²) in [7, 11) is -5.86. The molecule has 0 amide bonds. The number of hydrogen-bond acceptors (Lipinski definition) is 18. The highest BCUT2D eigenvalue weighted by Gasteiger charge is 2.55. The SMILES string of the molecule is C[N+]1=C(/C=C/C=C2/N(Cc3ccc(CN4/C(=C/C=C/C5=[N+](C)c6cc([N+](=O)[O-])c(Br)cc6C56CCCCC6)C5(CCCCC5)c5cc(Br)c([N+](=O)[O-])cc54)cc3)c3cc([N+](=O)[O-])c(Br)cc3C23CCCCC3)C2(CCCCC2)c2cc(Br)c([N+](=O)[O-])cc21.[O-][Cl+3]([O-])([O-])[O-].[O-][Cl+3]([O-])([O-])[O-]. The normalized spacial score (nSPS) is 20.3. The molecule has 5 aromatic carbocycles. The maximum Gasteiger partial charge on any atom is 0.290 e. The van der Waals surface area contributed by atoms with Crippen LogP contribution in [0.15, 0.2) is 139 Å². The average Bonchev–Trinajstić information content (AvgIpc) is 1.58. The van der Waals surface area contributed by atoms with Gasteiger partial charge in [-0.25, -0.2) is 37.3 Å². The van der Waals surface area contributed by atoms with Crippen molar-refractivity contribution in [1.82, 2.24) is 0 Å². The molecule has 5 aromatic rings. The molecule has 4 heterocycles. The van der Waals surface area contributed by atoms with E-state index in [0.29, 0.717) is 31.0 Å². The van der Waals surface area contributed by atoms with Crippen LogP contribution in [0.3, 0.4) is 0 Å². The molecule has 30 heteroatoms. The number of rotatable bonds is 12. The molecule has 8 aliphatic rings. The number of fused-ring (bicyclic) bond motifs is 8. The molecular formula is C68H68Br4Cl2N8O16. The smallest absolute Gasteiger partial charge is 0.290 e. The second-order valence-electron chi connectivity index (χ2n) is 26.3. The first-order chi connectivity index (χ1) is 46.3. The summed E-state index contributed by atoms with van der Waals surface area (Å²) in [6.45, 7) is 0.873. The third kappa shape index (κ3) is 14.1. The average molecular weight is 1640 g/mol. The Labute approximate surface area is 602 Å². The zero-order chi connectivity index (χ0) is 70.6. The molecule has 0 atom stereocenters. The van der Waals surface area contributed by atoms with Gasteiger partial charge in [0.2, 0.25) is 11.4 Å². The van der Waals surface area contributed by atoms with Gasteiger partial charge in [-0.15, -0.1) is 20.5 Å². The molecule has 0 bridgehead atoms. The van der Waals surface area contributed by atoms with Gasteiger partial charge in [-0.2, -0.15) is 9.15 Å². The summed E-state index contributed by atoms with van der Waals surface area (Å²) in [5, 5.41) is 49.9. The Morgan fingerprint density at radius 1 is 0.408 bits per heavy atom. The number of hydrogen-bond donors (Lipinski definition) is 0. The van der Waals surface area contributed by atoms with Gasteiger partial charge >= 0.3 is 0 Å². The van der Waals surface area contributed by atoms with Gasteiger partial charge < -0.3 is 9.80 Å². The van der Waals surface area contributed by atoms with E-state index >= 15 is 0 Å². The van der Waals surface area contributed by atoms with E-state index in [1.807, 2.05) is 38.4 Å². The lowest BCUT2D eigenvalue weighted by Gasteiger charge is -2.37. The second kappa shape index (κ2) is 28.7. The van der Waals surface area contributed by atoms with Crippen LogP contribution < -0.4 is 47.1 Å². The van der Waals surface area contributed by atoms with Gasteiger partial charge in [0, 0.05) is 70.7 Å². The fraction of sp³-hybridized carbons (Fsp3) is 0.412. The second-order valence-corrected chi connectivity index (χ2v) is 31.3. The van der Waals surface area contributed by atoms with Crippen LogP contribution in [0.25, 0.3) is 0 Å². The van der Waals surface area contributed by atoms with E-state index < -0.39 is 31.3 Å². The van der Waals surface area contributed by atoms with Crippen molar-refractivity contribution in [3.63, 3.8) is 0 Å². The van der Waals surface area contributed by atoms with Crippen molar-refractivity contribution in [3.8, 4) is 0 Å². The summed E-state index contributed by atoms with van der Waals surface area (Å²) >= 11 is 14.3. The highest BCUT2D eigenvalue weighted by molar-refractivity contribution is 9.11. The van der Waals surface area contributed by atoms with Crippen LogP contribution in [-0.2, 0) is 34.7 Å². The number of anilines is 2. The lowest BCUT2D eigenvalue weighted by Crippen LogP contribution is -2.68. The fourth-order valence-electron chi connectivity index (χ4n) is 17.2. The third-order valence-corrected chi connectivity index (χ3v) is 23.8. The van der Waals surface area contributed by atoms with Crippen molar-refractivity contribution < 1.29 is 86.6 Å². The van der Waals surface area contributed by atoms with Crippen molar-refractivity contribution >= 4 is 121 Å². The van der Waals surface area contributed by atoms with E-state index in [9.17, 15) is 40.5 Å². The van der Waals surface area contributed by atoms with Crippen molar-refractivity contribution in [2.75, 3.05) is 23.9 Å². The van der Waals surface area contributed by atoms with E-state index in [0.717, 1.165) is 207 Å². The van der Waals surface area contributed by atoms with Crippen LogP contribution in [-0.4, -0.2) is 54.4 Å². The maximum atomic E-state index is 12.7. The molecule has 0 saturated heterocycles. The Balaban J connectivity index is 0.000000908. The number of nitrogens with zero attached hydrogens (tertiary/aromatic N) is 8. The molecule has 0 N–H and O–H groups in total. The van der Waals surface area contributed by atoms with E-state index in [1.165, 1.54) is 0 Å². The monoisotopic (exact) mass is 1640 g/mol. The third-order valence-electron chi connectivity index (χ3n) is 21.2. The number of nitro benzene ring substituents is 4. The van der Waals surface area contributed by atoms with Crippen LogP contribution >= 0.6 is 63.7 Å². The summed E-state index contributed by atoms with van der Waals surface area (Å²) in [5.74, 6) is 0. The first kappa shape index (κ1) is 73.0. The summed E-state index contributed by atoms with van der Waals surface area (Å²) in [5.41, 5.74) is 12.7. The molecule has 4 spiro atoms. The molecule has 4 aliphatic heterocycles. The van der Waals surface area contributed by atoms with Crippen molar-refractivity contribution in [2.24, 2.45) is 0 Å². The number of halogens is 6. The predicted molar refractivity (Wildman–Crippen MR) is 357 cm³/mol. The molecule has 13 rings (SSSR count). The summed E-state index contributed by atoms with van der Waals surface area (Å²) < 4.78 is 74.1. The lowest BCUT2D eigenvalue weighted by molar-refractivity contribution is -2.00. The lowest BCUT2D eigenvalue weighted by atomic mass is 9.67. The van der Waals surface area contributed by atoms with Gasteiger partial charge in [-0.05, 0) is 174 Å². The van der Waals surface area contributed by atoms with Crippen LogP contribution in [0.4, 0.5) is 45.5 Å². The molecule has 4 fully saturated rings. The quantitative estimate of drug-likeness (QED) is 0.0637. The first-order valence-electron chi connectivity index (χ1n) is 32.1. The van der Waals surface area contributed by atoms with E-state index in [4.69, 9.17) is 37.3 Å². The van der Waals surface area contributed by atoms with Gasteiger partial charge in [-0.1, -0.05) is 113 Å². The molecule has 4 saturated carbocycles. The topological polar surface area (TPSA) is 370 Å². The molecular weight excluding hydrogens is 1580 g/mol. The van der Waals surface area contributed by atoms with Crippen molar-refractivity contribution in [3.05, 3.63) is 212 Å². The molecule has 24 nitrogen and oxygen atoms in total. The highest BCUT2D eigenvalue weighted by atomic mass is 79.9. The van der Waals surface area contributed by atoms with Crippen molar-refractivity contribution in [2.45, 2.75) is 163 Å². The Kier molecular flexibility index (Phi) is 21.4. The van der Waals surface area contributed by atoms with Crippen LogP contribution in [0.2, 0.25) is 0 Å². The summed E-state index contributed by atoms with van der Waals surface area (Å²) in [6, 6.07) is 23.3. The van der Waals surface area contributed by atoms with Gasteiger partial charge in [0.15, 0.2) is 11.4 Å². The Morgan fingerprint density at radius 3 is 0.939 bits per heavy atom. The minimum absolute atomic E-state index is 0.00168. The van der Waals surface area contributed by atoms with Gasteiger partial charge in [0.1, 0.15) is 14.1 Å². The highest BCUT2D eigenvalue weighted by Crippen LogP contribution is 2.60. The van der Waals surface area contributed by atoms with Crippen LogP contribution in [0, 0.1) is 60.9 Å². The predicted octanol–water partition coefficient (Wildman–Crippen LogP) is 9.44. The Morgan fingerprint density at radius 2 is 0.663 bits per heavy atom. The Bertz CT molecular complexity index is 3980. The van der Waals surface area contributed by atoms with Crippen LogP contribution in [0.5, 0.6) is 0 Å².